The van der Waals surface area contributed by atoms with E-state index in [1.807, 2.05) is 11.8 Å². The number of piperidine rings is 1. The second kappa shape index (κ2) is 10.9. The normalized spacial score (nSPS) is 20.9. The molecule has 0 unspecified atom stereocenters. The first kappa shape index (κ1) is 24.5. The third-order valence-corrected chi connectivity index (χ3v) is 8.57. The van der Waals surface area contributed by atoms with E-state index < -0.39 is 0 Å². The number of carbonyl (C=O) groups is 1. The fraction of sp³-hybridized carbons (Fsp3) is 0.483. The summed E-state index contributed by atoms with van der Waals surface area (Å²) in [6.45, 7) is 7.34. The summed E-state index contributed by atoms with van der Waals surface area (Å²) in [6.07, 6.45) is 2.62. The van der Waals surface area contributed by atoms with Crippen molar-refractivity contribution in [3.05, 3.63) is 47.3 Å². The maximum absolute atomic E-state index is 12.2. The third-order valence-electron chi connectivity index (χ3n) is 7.61. The van der Waals surface area contributed by atoms with Crippen LogP contribution in [0.5, 0.6) is 11.5 Å². The molecule has 3 aromatic rings. The standard InChI is InChI=1S/C29H34N2O5S/c1-2-34-29(32)30-10-7-22(8-11-30)31-12-14-35-28-21(17-31)15-20(16-26(28)36-23-9-13-33-18-23)25-19-37-27-6-4-3-5-24(25)27/h3-6,15-16,19,22-23H,2,7-14,17-18H2,1H3/t23-/m0/s1. The van der Waals surface area contributed by atoms with Crippen molar-refractivity contribution in [1.82, 2.24) is 9.80 Å². The average molecular weight is 523 g/mol. The van der Waals surface area contributed by atoms with E-state index in [4.69, 9.17) is 18.9 Å². The lowest BCUT2D eigenvalue weighted by molar-refractivity contribution is 0.0704. The van der Waals surface area contributed by atoms with Gasteiger partial charge in [0, 0.05) is 59.9 Å². The summed E-state index contributed by atoms with van der Waals surface area (Å²) in [6, 6.07) is 13.4. The number of fused-ring (bicyclic) bond motifs is 2. The van der Waals surface area contributed by atoms with E-state index >= 15 is 0 Å². The molecular weight excluding hydrogens is 488 g/mol. The summed E-state index contributed by atoms with van der Waals surface area (Å²) in [4.78, 5) is 16.5. The smallest absolute Gasteiger partial charge is 0.409 e. The Bertz CT molecular complexity index is 1250. The van der Waals surface area contributed by atoms with Crippen LogP contribution in [-0.2, 0) is 16.0 Å². The van der Waals surface area contributed by atoms with E-state index in [9.17, 15) is 4.79 Å². The summed E-state index contributed by atoms with van der Waals surface area (Å²) in [7, 11) is 0. The lowest BCUT2D eigenvalue weighted by Gasteiger charge is -2.37. The number of likely N-dealkylation sites (tertiary alicyclic amines) is 1. The zero-order valence-electron chi connectivity index (χ0n) is 21.3. The minimum Gasteiger partial charge on any atom is -0.488 e. The van der Waals surface area contributed by atoms with Gasteiger partial charge in [0.2, 0.25) is 0 Å². The van der Waals surface area contributed by atoms with Crippen molar-refractivity contribution in [2.24, 2.45) is 0 Å². The van der Waals surface area contributed by atoms with E-state index in [2.05, 4.69) is 46.7 Å². The van der Waals surface area contributed by atoms with Crippen LogP contribution in [0.3, 0.4) is 0 Å². The molecule has 2 fully saturated rings. The van der Waals surface area contributed by atoms with Crippen LogP contribution in [0.25, 0.3) is 21.2 Å². The number of thiophene rings is 1. The minimum absolute atomic E-state index is 0.0497. The monoisotopic (exact) mass is 522 g/mol. The average Bonchev–Trinajstić information content (AvgIpc) is 3.54. The number of hydrogen-bond acceptors (Lipinski definition) is 7. The van der Waals surface area contributed by atoms with Gasteiger partial charge in [-0.25, -0.2) is 4.79 Å². The maximum atomic E-state index is 12.2. The predicted octanol–water partition coefficient (Wildman–Crippen LogP) is 5.55. The van der Waals surface area contributed by atoms with E-state index in [1.165, 1.54) is 15.6 Å². The molecule has 1 aromatic heterocycles. The van der Waals surface area contributed by atoms with Gasteiger partial charge in [0.05, 0.1) is 19.8 Å². The Morgan fingerprint density at radius 1 is 1.11 bits per heavy atom. The molecule has 0 aliphatic carbocycles. The second-order valence-corrected chi connectivity index (χ2v) is 10.9. The quantitative estimate of drug-likeness (QED) is 0.438. The molecule has 0 N–H and O–H groups in total. The number of carbonyl (C=O) groups excluding carboxylic acids is 1. The minimum atomic E-state index is -0.198. The van der Waals surface area contributed by atoms with Crippen molar-refractivity contribution in [3.8, 4) is 22.6 Å². The van der Waals surface area contributed by atoms with Crippen LogP contribution in [-0.4, -0.2) is 74.1 Å². The largest absolute Gasteiger partial charge is 0.488 e. The Labute approximate surface area is 221 Å². The molecular formula is C29H34N2O5S. The maximum Gasteiger partial charge on any atom is 0.409 e. The third kappa shape index (κ3) is 5.15. The number of nitrogens with zero attached hydrogens (tertiary/aromatic N) is 2. The lowest BCUT2D eigenvalue weighted by Crippen LogP contribution is -2.47. The molecule has 7 nitrogen and oxygen atoms in total. The molecule has 6 rings (SSSR count). The van der Waals surface area contributed by atoms with Gasteiger partial charge in [-0.1, -0.05) is 18.2 Å². The summed E-state index contributed by atoms with van der Waals surface area (Å²) in [5.74, 6) is 1.68. The fourth-order valence-corrected chi connectivity index (χ4v) is 6.64. The van der Waals surface area contributed by atoms with E-state index in [-0.39, 0.29) is 12.2 Å². The van der Waals surface area contributed by atoms with Crippen LogP contribution in [0.1, 0.15) is 31.7 Å². The van der Waals surface area contributed by atoms with Gasteiger partial charge in [0.25, 0.3) is 0 Å². The lowest BCUT2D eigenvalue weighted by atomic mass is 9.99. The van der Waals surface area contributed by atoms with Crippen molar-refractivity contribution in [3.63, 3.8) is 0 Å². The first-order valence-electron chi connectivity index (χ1n) is 13.4. The van der Waals surface area contributed by atoms with Crippen LogP contribution in [0.2, 0.25) is 0 Å². The highest BCUT2D eigenvalue weighted by molar-refractivity contribution is 7.17. The van der Waals surface area contributed by atoms with Crippen molar-refractivity contribution >= 4 is 27.5 Å². The molecule has 8 heteroatoms. The topological polar surface area (TPSA) is 60.5 Å². The molecule has 37 heavy (non-hydrogen) atoms. The van der Waals surface area contributed by atoms with Crippen LogP contribution in [0, 0.1) is 0 Å². The highest BCUT2D eigenvalue weighted by atomic mass is 32.1. The van der Waals surface area contributed by atoms with Crippen molar-refractivity contribution in [2.75, 3.05) is 46.1 Å². The number of ether oxygens (including phenoxy) is 4. The fourth-order valence-electron chi connectivity index (χ4n) is 5.67. The number of amides is 1. The molecule has 4 heterocycles. The summed E-state index contributed by atoms with van der Waals surface area (Å²) < 4.78 is 24.9. The SMILES string of the molecule is CCOC(=O)N1CCC(N2CCOc3c(cc(-c4csc5ccccc45)cc3O[C@H]3CCOC3)C2)CC1. The Balaban J connectivity index is 1.29. The highest BCUT2D eigenvalue weighted by Crippen LogP contribution is 2.43. The molecule has 1 atom stereocenters. The molecule has 3 aliphatic heterocycles. The van der Waals surface area contributed by atoms with Crippen LogP contribution < -0.4 is 9.47 Å². The first-order chi connectivity index (χ1) is 18.2. The summed E-state index contributed by atoms with van der Waals surface area (Å²) in [5, 5.41) is 3.51. The van der Waals surface area contributed by atoms with Crippen molar-refractivity contribution < 1.29 is 23.7 Å². The number of rotatable bonds is 5. The number of benzene rings is 2. The van der Waals surface area contributed by atoms with Gasteiger partial charge in [-0.3, -0.25) is 4.90 Å². The Morgan fingerprint density at radius 3 is 2.78 bits per heavy atom. The Hall–Kier alpha value is -2.81. The van der Waals surface area contributed by atoms with Gasteiger partial charge < -0.3 is 23.8 Å². The predicted molar refractivity (Wildman–Crippen MR) is 145 cm³/mol. The molecule has 2 saturated heterocycles. The Morgan fingerprint density at radius 2 is 1.97 bits per heavy atom. The van der Waals surface area contributed by atoms with Gasteiger partial charge in [0.15, 0.2) is 11.5 Å². The van der Waals surface area contributed by atoms with Crippen molar-refractivity contribution in [2.45, 2.75) is 44.9 Å². The molecule has 0 bridgehead atoms. The molecule has 0 spiro atoms. The first-order valence-corrected chi connectivity index (χ1v) is 14.2. The number of hydrogen-bond donors (Lipinski definition) is 0. The molecule has 1 amide bonds. The van der Waals surface area contributed by atoms with E-state index in [0.717, 1.165) is 74.7 Å². The zero-order valence-corrected chi connectivity index (χ0v) is 22.1. The van der Waals surface area contributed by atoms with Crippen LogP contribution >= 0.6 is 11.3 Å². The van der Waals surface area contributed by atoms with Gasteiger partial charge >= 0.3 is 6.09 Å². The van der Waals surface area contributed by atoms with Crippen molar-refractivity contribution in [1.29, 1.82) is 0 Å². The van der Waals surface area contributed by atoms with Gasteiger partial charge in [-0.2, -0.15) is 0 Å². The summed E-state index contributed by atoms with van der Waals surface area (Å²) in [5.41, 5.74) is 3.55. The molecule has 3 aliphatic rings. The van der Waals surface area contributed by atoms with E-state index in [1.54, 1.807) is 11.3 Å². The van der Waals surface area contributed by atoms with Gasteiger partial charge in [-0.05, 0) is 48.9 Å². The van der Waals surface area contributed by atoms with Crippen LogP contribution in [0.15, 0.2) is 41.8 Å². The summed E-state index contributed by atoms with van der Waals surface area (Å²) >= 11 is 1.77. The molecule has 196 valence electrons. The second-order valence-electron chi connectivity index (χ2n) is 9.95. The molecule has 0 radical (unpaired) electrons. The van der Waals surface area contributed by atoms with Gasteiger partial charge in [0.1, 0.15) is 12.7 Å². The molecule has 2 aromatic carbocycles. The van der Waals surface area contributed by atoms with Gasteiger partial charge in [-0.15, -0.1) is 11.3 Å². The molecule has 0 saturated carbocycles. The zero-order chi connectivity index (χ0) is 25.2. The van der Waals surface area contributed by atoms with Crippen LogP contribution in [0.4, 0.5) is 4.79 Å². The Kier molecular flexibility index (Phi) is 7.22. The highest BCUT2D eigenvalue weighted by Gasteiger charge is 2.31. The van der Waals surface area contributed by atoms with E-state index in [0.29, 0.717) is 25.9 Å².